The van der Waals surface area contributed by atoms with Gasteiger partial charge < -0.3 is 5.11 Å². The van der Waals surface area contributed by atoms with Crippen LogP contribution in [0.3, 0.4) is 0 Å². The number of para-hydroxylation sites is 2. The smallest absolute Gasteiger partial charge is 0.313 e. The molecule has 2 aromatic heterocycles. The molecule has 10 heteroatoms. The van der Waals surface area contributed by atoms with E-state index in [1.165, 1.54) is 18.2 Å². The number of thiazole rings is 1. The van der Waals surface area contributed by atoms with E-state index in [-0.39, 0.29) is 21.3 Å². The number of nitrogens with zero attached hydrogens (tertiary/aromatic N) is 3. The van der Waals surface area contributed by atoms with Crippen LogP contribution in [-0.2, 0) is 4.79 Å². The normalized spacial score (nSPS) is 11.1. The number of carboxylic acid groups (broad SMARTS) is 1. The van der Waals surface area contributed by atoms with Crippen LogP contribution in [-0.4, -0.2) is 30.9 Å². The highest BCUT2D eigenvalue weighted by atomic mass is 32.2. The molecule has 0 atom stereocenters. The Bertz CT molecular complexity index is 1410. The van der Waals surface area contributed by atoms with Crippen molar-refractivity contribution >= 4 is 51.6 Å². The van der Waals surface area contributed by atoms with Crippen LogP contribution in [0.4, 0.5) is 4.39 Å². The predicted molar refractivity (Wildman–Crippen MR) is 118 cm³/mol. The number of aryl methyl sites for hydroxylation is 1. The van der Waals surface area contributed by atoms with Crippen LogP contribution in [0.5, 0.6) is 0 Å². The SMILES string of the molecule is Cc1ccccc1-n1c(=S)sc2c(=O)n(-c3ccccc3F)c(SCC(=O)O)nc21. The molecule has 0 radical (unpaired) electrons. The zero-order chi connectivity index (χ0) is 21.4. The second-order valence-electron chi connectivity index (χ2n) is 6.31. The molecule has 0 unspecified atom stereocenters. The summed E-state index contributed by atoms with van der Waals surface area (Å²) in [5.74, 6) is -2.02. The molecule has 6 nitrogen and oxygen atoms in total. The topological polar surface area (TPSA) is 77.1 Å². The fourth-order valence-corrected chi connectivity index (χ4v) is 5.04. The van der Waals surface area contributed by atoms with Crippen molar-refractivity contribution in [1.29, 1.82) is 0 Å². The van der Waals surface area contributed by atoms with Crippen molar-refractivity contribution in [3.8, 4) is 11.4 Å². The van der Waals surface area contributed by atoms with Gasteiger partial charge in [-0.15, -0.1) is 0 Å². The van der Waals surface area contributed by atoms with Crippen molar-refractivity contribution in [3.05, 3.63) is 74.2 Å². The van der Waals surface area contributed by atoms with E-state index in [0.717, 1.165) is 38.9 Å². The van der Waals surface area contributed by atoms with Gasteiger partial charge >= 0.3 is 5.97 Å². The lowest BCUT2D eigenvalue weighted by molar-refractivity contribution is -0.133. The number of hydrogen-bond acceptors (Lipinski definition) is 6. The third-order valence-corrected chi connectivity index (χ3v) is 6.63. The Morgan fingerprint density at radius 3 is 2.50 bits per heavy atom. The van der Waals surface area contributed by atoms with Gasteiger partial charge in [0.25, 0.3) is 5.56 Å². The number of thioether (sulfide) groups is 1. The fraction of sp³-hybridized carbons (Fsp3) is 0.100. The Labute approximate surface area is 183 Å². The second-order valence-corrected chi connectivity index (χ2v) is 8.90. The maximum atomic E-state index is 14.5. The van der Waals surface area contributed by atoms with E-state index in [1.54, 1.807) is 10.6 Å². The number of hydrogen-bond donors (Lipinski definition) is 1. The summed E-state index contributed by atoms with van der Waals surface area (Å²) in [5.41, 5.74) is 1.55. The lowest BCUT2D eigenvalue weighted by Crippen LogP contribution is -2.23. The Morgan fingerprint density at radius 1 is 1.17 bits per heavy atom. The minimum Gasteiger partial charge on any atom is -0.481 e. The van der Waals surface area contributed by atoms with Gasteiger partial charge in [-0.3, -0.25) is 18.7 Å². The molecule has 4 aromatic rings. The van der Waals surface area contributed by atoms with Crippen LogP contribution in [0.1, 0.15) is 5.56 Å². The summed E-state index contributed by atoms with van der Waals surface area (Å²) >= 11 is 7.45. The largest absolute Gasteiger partial charge is 0.481 e. The molecule has 0 aliphatic rings. The van der Waals surface area contributed by atoms with Crippen LogP contribution < -0.4 is 5.56 Å². The number of benzene rings is 2. The Hall–Kier alpha value is -2.82. The number of fused-ring (bicyclic) bond motifs is 1. The molecule has 0 spiro atoms. The highest BCUT2D eigenvalue weighted by Gasteiger charge is 2.21. The fourth-order valence-electron chi connectivity index (χ4n) is 3.03. The van der Waals surface area contributed by atoms with E-state index < -0.39 is 17.3 Å². The van der Waals surface area contributed by atoms with E-state index >= 15 is 0 Å². The predicted octanol–water partition coefficient (Wildman–Crippen LogP) is 4.59. The van der Waals surface area contributed by atoms with Gasteiger partial charge in [0.1, 0.15) is 10.5 Å². The van der Waals surface area contributed by atoms with Crippen molar-refractivity contribution in [1.82, 2.24) is 14.1 Å². The molecule has 4 rings (SSSR count). The van der Waals surface area contributed by atoms with Crippen LogP contribution in [0, 0.1) is 16.7 Å². The summed E-state index contributed by atoms with van der Waals surface area (Å²) in [6.07, 6.45) is 0. The Morgan fingerprint density at radius 2 is 1.83 bits per heavy atom. The first-order chi connectivity index (χ1) is 14.4. The zero-order valence-corrected chi connectivity index (χ0v) is 18.0. The van der Waals surface area contributed by atoms with E-state index in [4.69, 9.17) is 17.3 Å². The Balaban J connectivity index is 2.08. The molecule has 2 heterocycles. The lowest BCUT2D eigenvalue weighted by atomic mass is 10.2. The molecule has 152 valence electrons. The molecule has 30 heavy (non-hydrogen) atoms. The molecule has 0 aliphatic heterocycles. The van der Waals surface area contributed by atoms with E-state index in [1.807, 2.05) is 31.2 Å². The second kappa shape index (κ2) is 8.13. The van der Waals surface area contributed by atoms with Crippen LogP contribution in [0.15, 0.2) is 58.5 Å². The maximum Gasteiger partial charge on any atom is 0.313 e. The standard InChI is InChI=1S/C20H14FN3O3S3/c1-11-6-2-4-8-13(11)23-17-16(30-20(23)28)18(27)24(14-9-5-3-7-12(14)21)19(22-17)29-10-15(25)26/h2-9H,10H2,1H3,(H,25,26). The maximum absolute atomic E-state index is 14.5. The van der Waals surface area contributed by atoms with Gasteiger partial charge in [0.15, 0.2) is 14.8 Å². The molecular formula is C20H14FN3O3S3. The summed E-state index contributed by atoms with van der Waals surface area (Å²) in [6, 6.07) is 13.3. The third kappa shape index (κ3) is 3.57. The molecular weight excluding hydrogens is 445 g/mol. The number of halogens is 1. The molecule has 0 amide bonds. The van der Waals surface area contributed by atoms with Crippen molar-refractivity contribution in [2.75, 3.05) is 5.75 Å². The van der Waals surface area contributed by atoms with Crippen molar-refractivity contribution in [2.45, 2.75) is 12.1 Å². The monoisotopic (exact) mass is 459 g/mol. The average Bonchev–Trinajstić information content (AvgIpc) is 3.04. The molecule has 0 saturated carbocycles. The van der Waals surface area contributed by atoms with Crippen molar-refractivity contribution in [3.63, 3.8) is 0 Å². The summed E-state index contributed by atoms with van der Waals surface area (Å²) in [4.78, 5) is 29.1. The van der Waals surface area contributed by atoms with Crippen molar-refractivity contribution < 1.29 is 14.3 Å². The van der Waals surface area contributed by atoms with Crippen LogP contribution in [0.25, 0.3) is 21.7 Å². The third-order valence-electron chi connectivity index (χ3n) is 4.35. The highest BCUT2D eigenvalue weighted by molar-refractivity contribution is 7.99. The first kappa shape index (κ1) is 20.5. The number of aliphatic carboxylic acids is 1. The quantitative estimate of drug-likeness (QED) is 0.267. The summed E-state index contributed by atoms with van der Waals surface area (Å²) in [5, 5.41) is 9.20. The van der Waals surface area contributed by atoms with Gasteiger partial charge in [-0.1, -0.05) is 53.4 Å². The van der Waals surface area contributed by atoms with Gasteiger partial charge in [-0.2, -0.15) is 0 Å². The summed E-state index contributed by atoms with van der Waals surface area (Å²) in [7, 11) is 0. The summed E-state index contributed by atoms with van der Waals surface area (Å²) < 4.78 is 18.0. The van der Waals surface area contributed by atoms with Gasteiger partial charge in [-0.25, -0.2) is 9.37 Å². The molecule has 0 saturated heterocycles. The summed E-state index contributed by atoms with van der Waals surface area (Å²) in [6.45, 7) is 1.92. The zero-order valence-electron chi connectivity index (χ0n) is 15.5. The number of carbonyl (C=O) groups is 1. The molecule has 0 bridgehead atoms. The number of carboxylic acids is 1. The highest BCUT2D eigenvalue weighted by Crippen LogP contribution is 2.29. The lowest BCUT2D eigenvalue weighted by Gasteiger charge is -2.13. The minimum absolute atomic E-state index is 0.00606. The Kier molecular flexibility index (Phi) is 5.54. The molecule has 0 aliphatic carbocycles. The number of rotatable bonds is 5. The number of aromatic nitrogens is 3. The van der Waals surface area contributed by atoms with Crippen LogP contribution in [0.2, 0.25) is 0 Å². The molecule has 1 N–H and O–H groups in total. The van der Waals surface area contributed by atoms with E-state index in [2.05, 4.69) is 4.98 Å². The first-order valence-electron chi connectivity index (χ1n) is 8.72. The van der Waals surface area contributed by atoms with Crippen LogP contribution >= 0.6 is 35.3 Å². The van der Waals surface area contributed by atoms with Gasteiger partial charge in [0, 0.05) is 0 Å². The molecule has 2 aromatic carbocycles. The van der Waals surface area contributed by atoms with E-state index in [9.17, 15) is 14.0 Å². The average molecular weight is 460 g/mol. The van der Waals surface area contributed by atoms with Gasteiger partial charge in [0.2, 0.25) is 0 Å². The van der Waals surface area contributed by atoms with E-state index in [0.29, 0.717) is 9.60 Å². The van der Waals surface area contributed by atoms with Gasteiger partial charge in [0.05, 0.1) is 17.1 Å². The minimum atomic E-state index is -1.07. The first-order valence-corrected chi connectivity index (χ1v) is 10.9. The molecule has 0 fully saturated rings. The van der Waals surface area contributed by atoms with Gasteiger partial charge in [-0.05, 0) is 42.9 Å². The van der Waals surface area contributed by atoms with Crippen molar-refractivity contribution in [2.24, 2.45) is 0 Å².